The first-order chi connectivity index (χ1) is 8.70. The van der Waals surface area contributed by atoms with Crippen LogP contribution >= 0.6 is 11.3 Å². The molecule has 0 bridgehead atoms. The predicted octanol–water partition coefficient (Wildman–Crippen LogP) is 2.17. The quantitative estimate of drug-likeness (QED) is 0.896. The van der Waals surface area contributed by atoms with E-state index in [2.05, 4.69) is 32.6 Å². The molecule has 96 valence electrons. The largest absolute Gasteiger partial charge is 0.361 e. The fourth-order valence-corrected chi connectivity index (χ4v) is 2.29. The van der Waals surface area contributed by atoms with Crippen molar-refractivity contribution in [2.24, 2.45) is 0 Å². The van der Waals surface area contributed by atoms with Crippen molar-refractivity contribution >= 4 is 23.0 Å². The van der Waals surface area contributed by atoms with E-state index in [1.54, 1.807) is 23.7 Å². The van der Waals surface area contributed by atoms with Crippen LogP contribution in [0.4, 0.5) is 11.6 Å². The van der Waals surface area contributed by atoms with Gasteiger partial charge in [-0.05, 0) is 6.42 Å². The summed E-state index contributed by atoms with van der Waals surface area (Å²) >= 11 is 1.70. The van der Waals surface area contributed by atoms with E-state index < -0.39 is 0 Å². The molecule has 2 aromatic rings. The summed E-state index contributed by atoms with van der Waals surface area (Å²) < 4.78 is 0. The van der Waals surface area contributed by atoms with Gasteiger partial charge in [0.1, 0.15) is 0 Å². The Morgan fingerprint density at radius 2 is 2.06 bits per heavy atom. The molecule has 0 aliphatic rings. The molecule has 0 atom stereocenters. The summed E-state index contributed by atoms with van der Waals surface area (Å²) in [6.45, 7) is 2.79. The molecule has 0 radical (unpaired) electrons. The molecule has 5 nitrogen and oxygen atoms in total. The fraction of sp³-hybridized carbons (Fsp3) is 0.417. The van der Waals surface area contributed by atoms with E-state index in [-0.39, 0.29) is 0 Å². The molecule has 0 unspecified atom stereocenters. The summed E-state index contributed by atoms with van der Waals surface area (Å²) in [6, 6.07) is 0. The molecule has 18 heavy (non-hydrogen) atoms. The van der Waals surface area contributed by atoms with Crippen LogP contribution in [0.1, 0.15) is 17.6 Å². The molecule has 2 heterocycles. The van der Waals surface area contributed by atoms with Gasteiger partial charge in [0, 0.05) is 31.9 Å². The molecule has 2 aromatic heterocycles. The summed E-state index contributed by atoms with van der Waals surface area (Å²) in [5.74, 6) is 1.62. The van der Waals surface area contributed by atoms with Gasteiger partial charge < -0.3 is 10.2 Å². The third-order valence-electron chi connectivity index (χ3n) is 2.44. The molecule has 2 rings (SSSR count). The Hall–Kier alpha value is -1.69. The molecule has 0 aliphatic carbocycles. The molecule has 0 saturated heterocycles. The zero-order valence-corrected chi connectivity index (χ0v) is 11.7. The minimum Gasteiger partial charge on any atom is -0.361 e. The SMILES string of the molecule is CCc1nc(CNc2nccnc2N(C)C)cs1. The minimum absolute atomic E-state index is 0.677. The van der Waals surface area contributed by atoms with Gasteiger partial charge in [0.2, 0.25) is 0 Å². The molecule has 0 aliphatic heterocycles. The smallest absolute Gasteiger partial charge is 0.171 e. The highest BCUT2D eigenvalue weighted by Crippen LogP contribution is 2.18. The van der Waals surface area contributed by atoms with Crippen molar-refractivity contribution in [1.29, 1.82) is 0 Å². The van der Waals surface area contributed by atoms with Crippen molar-refractivity contribution < 1.29 is 0 Å². The summed E-state index contributed by atoms with van der Waals surface area (Å²) in [4.78, 5) is 15.0. The van der Waals surface area contributed by atoms with E-state index in [1.165, 1.54) is 5.01 Å². The molecule has 0 fully saturated rings. The predicted molar refractivity (Wildman–Crippen MR) is 75.2 cm³/mol. The number of anilines is 2. The average Bonchev–Trinajstić information content (AvgIpc) is 2.84. The molecule has 0 spiro atoms. The van der Waals surface area contributed by atoms with E-state index in [1.807, 2.05) is 19.0 Å². The van der Waals surface area contributed by atoms with Crippen molar-refractivity contribution in [1.82, 2.24) is 15.0 Å². The van der Waals surface area contributed by atoms with Crippen LogP contribution in [0.2, 0.25) is 0 Å². The Bertz CT molecular complexity index is 509. The van der Waals surface area contributed by atoms with Crippen LogP contribution in [-0.2, 0) is 13.0 Å². The van der Waals surface area contributed by atoms with E-state index in [0.29, 0.717) is 6.54 Å². The normalized spacial score (nSPS) is 10.4. The van der Waals surface area contributed by atoms with Crippen LogP contribution in [0.25, 0.3) is 0 Å². The second-order valence-electron chi connectivity index (χ2n) is 4.06. The maximum absolute atomic E-state index is 4.51. The zero-order chi connectivity index (χ0) is 13.0. The van der Waals surface area contributed by atoms with E-state index in [0.717, 1.165) is 23.8 Å². The van der Waals surface area contributed by atoms with Gasteiger partial charge in [0.15, 0.2) is 11.6 Å². The van der Waals surface area contributed by atoms with Gasteiger partial charge >= 0.3 is 0 Å². The van der Waals surface area contributed by atoms with Crippen molar-refractivity contribution in [3.05, 3.63) is 28.5 Å². The molecular weight excluding hydrogens is 246 g/mol. The topological polar surface area (TPSA) is 53.9 Å². The highest BCUT2D eigenvalue weighted by molar-refractivity contribution is 7.09. The van der Waals surface area contributed by atoms with Crippen LogP contribution < -0.4 is 10.2 Å². The van der Waals surface area contributed by atoms with Crippen molar-refractivity contribution in [3.63, 3.8) is 0 Å². The molecular formula is C12H17N5S. The average molecular weight is 263 g/mol. The van der Waals surface area contributed by atoms with Gasteiger partial charge in [0.05, 0.1) is 17.2 Å². The van der Waals surface area contributed by atoms with Crippen LogP contribution in [0, 0.1) is 0 Å². The maximum Gasteiger partial charge on any atom is 0.171 e. The monoisotopic (exact) mass is 263 g/mol. The van der Waals surface area contributed by atoms with Crippen LogP contribution in [-0.4, -0.2) is 29.0 Å². The number of aryl methyl sites for hydroxylation is 1. The number of thiazole rings is 1. The van der Waals surface area contributed by atoms with Crippen molar-refractivity contribution in [3.8, 4) is 0 Å². The summed E-state index contributed by atoms with van der Waals surface area (Å²) in [7, 11) is 3.90. The molecule has 1 N–H and O–H groups in total. The number of nitrogens with one attached hydrogen (secondary N) is 1. The molecule has 0 aromatic carbocycles. The Morgan fingerprint density at radius 1 is 1.28 bits per heavy atom. The Kier molecular flexibility index (Phi) is 4.09. The minimum atomic E-state index is 0.677. The van der Waals surface area contributed by atoms with Crippen molar-refractivity contribution in [2.45, 2.75) is 19.9 Å². The van der Waals surface area contributed by atoms with E-state index in [4.69, 9.17) is 0 Å². The number of aromatic nitrogens is 3. The third-order valence-corrected chi connectivity index (χ3v) is 3.48. The van der Waals surface area contributed by atoms with E-state index in [9.17, 15) is 0 Å². The van der Waals surface area contributed by atoms with Gasteiger partial charge in [-0.15, -0.1) is 11.3 Å². The lowest BCUT2D eigenvalue weighted by molar-refractivity contribution is 0.981. The van der Waals surface area contributed by atoms with Gasteiger partial charge in [-0.1, -0.05) is 6.92 Å². The Labute approximate surface area is 111 Å². The lowest BCUT2D eigenvalue weighted by atomic mass is 10.4. The van der Waals surface area contributed by atoms with Crippen LogP contribution in [0.5, 0.6) is 0 Å². The van der Waals surface area contributed by atoms with Crippen molar-refractivity contribution in [2.75, 3.05) is 24.3 Å². The molecule has 0 saturated carbocycles. The second kappa shape index (κ2) is 5.77. The fourth-order valence-electron chi connectivity index (χ4n) is 1.55. The first-order valence-corrected chi connectivity index (χ1v) is 6.74. The first-order valence-electron chi connectivity index (χ1n) is 5.86. The van der Waals surface area contributed by atoms with Gasteiger partial charge in [-0.25, -0.2) is 15.0 Å². The van der Waals surface area contributed by atoms with E-state index >= 15 is 0 Å². The lowest BCUT2D eigenvalue weighted by Crippen LogP contribution is -2.15. The number of hydrogen-bond acceptors (Lipinski definition) is 6. The van der Waals surface area contributed by atoms with Crippen LogP contribution in [0.3, 0.4) is 0 Å². The lowest BCUT2D eigenvalue weighted by Gasteiger charge is -2.15. The second-order valence-corrected chi connectivity index (χ2v) is 5.01. The number of hydrogen-bond donors (Lipinski definition) is 1. The molecule has 0 amide bonds. The summed E-state index contributed by atoms with van der Waals surface area (Å²) in [6.07, 6.45) is 4.37. The zero-order valence-electron chi connectivity index (χ0n) is 10.8. The van der Waals surface area contributed by atoms with Crippen LogP contribution in [0.15, 0.2) is 17.8 Å². The van der Waals surface area contributed by atoms with Gasteiger partial charge in [-0.2, -0.15) is 0 Å². The highest BCUT2D eigenvalue weighted by atomic mass is 32.1. The third kappa shape index (κ3) is 2.95. The highest BCUT2D eigenvalue weighted by Gasteiger charge is 2.07. The standard InChI is InChI=1S/C12H17N5S/c1-4-10-16-9(8-18-10)7-15-11-12(17(2)3)14-6-5-13-11/h5-6,8H,4,7H2,1-3H3,(H,13,15). The Morgan fingerprint density at radius 3 is 2.72 bits per heavy atom. The Balaban J connectivity index is 2.05. The first kappa shape index (κ1) is 12.8. The maximum atomic E-state index is 4.51. The van der Waals surface area contributed by atoms with Gasteiger partial charge in [-0.3, -0.25) is 0 Å². The number of nitrogens with zero attached hydrogens (tertiary/aromatic N) is 4. The summed E-state index contributed by atoms with van der Waals surface area (Å²) in [5, 5.41) is 6.52. The molecule has 6 heteroatoms. The number of rotatable bonds is 5. The summed E-state index contributed by atoms with van der Waals surface area (Å²) in [5.41, 5.74) is 1.05. The van der Waals surface area contributed by atoms with Gasteiger partial charge in [0.25, 0.3) is 0 Å².